The van der Waals surface area contributed by atoms with Gasteiger partial charge in [0.2, 0.25) is 0 Å². The monoisotopic (exact) mass is 620 g/mol. The van der Waals surface area contributed by atoms with Crippen LogP contribution in [0.2, 0.25) is 0 Å². The molecule has 0 aliphatic heterocycles. The summed E-state index contributed by atoms with van der Waals surface area (Å²) in [7, 11) is 0. The average Bonchev–Trinajstić information content (AvgIpc) is 3.75. The van der Waals surface area contributed by atoms with Crippen LogP contribution in [0.15, 0.2) is 174 Å². The number of nitrogens with zero attached hydrogens (tertiary/aromatic N) is 2. The summed E-state index contributed by atoms with van der Waals surface area (Å²) in [6.07, 6.45) is 0. The number of hydrogen-bond acceptors (Lipinski definition) is 4. The normalized spacial score (nSPS) is 11.4. The lowest BCUT2D eigenvalue weighted by Crippen LogP contribution is -2.10. The minimum absolute atomic E-state index is 0.824. The van der Waals surface area contributed by atoms with Crippen molar-refractivity contribution in [1.29, 1.82) is 0 Å². The first-order chi connectivity index (χ1) is 23.3. The van der Waals surface area contributed by atoms with Gasteiger partial charge in [0.1, 0.15) is 16.2 Å². The van der Waals surface area contributed by atoms with Crippen molar-refractivity contribution in [3.8, 4) is 32.8 Å². The zero-order valence-electron chi connectivity index (χ0n) is 25.4. The summed E-state index contributed by atoms with van der Waals surface area (Å²) >= 11 is 1.73. The summed E-state index contributed by atoms with van der Waals surface area (Å²) in [4.78, 5) is 7.55. The maximum Gasteiger partial charge on any atom is 0.139 e. The number of benzene rings is 7. The number of para-hydroxylation sites is 1. The summed E-state index contributed by atoms with van der Waals surface area (Å²) in [6.45, 7) is 0. The van der Waals surface area contributed by atoms with Gasteiger partial charge >= 0.3 is 0 Å². The van der Waals surface area contributed by atoms with E-state index in [0.29, 0.717) is 0 Å². The van der Waals surface area contributed by atoms with Crippen molar-refractivity contribution in [3.05, 3.63) is 170 Å². The van der Waals surface area contributed by atoms with Crippen molar-refractivity contribution in [2.75, 3.05) is 4.90 Å². The fourth-order valence-electron chi connectivity index (χ4n) is 6.44. The second-order valence-corrected chi connectivity index (χ2v) is 12.6. The van der Waals surface area contributed by atoms with Crippen molar-refractivity contribution in [1.82, 2.24) is 4.98 Å². The molecular weight excluding hydrogens is 593 g/mol. The number of rotatable bonds is 6. The van der Waals surface area contributed by atoms with Crippen LogP contribution in [-0.2, 0) is 0 Å². The lowest BCUT2D eigenvalue weighted by atomic mass is 10.0. The van der Waals surface area contributed by atoms with E-state index in [1.165, 1.54) is 22.3 Å². The molecule has 3 nitrogen and oxygen atoms in total. The zero-order valence-corrected chi connectivity index (χ0v) is 26.2. The third kappa shape index (κ3) is 4.87. The lowest BCUT2D eigenvalue weighted by molar-refractivity contribution is 0.669. The van der Waals surface area contributed by atoms with Gasteiger partial charge in [-0.05, 0) is 52.6 Å². The third-order valence-corrected chi connectivity index (χ3v) is 9.83. The van der Waals surface area contributed by atoms with E-state index in [1.807, 2.05) is 18.2 Å². The molecule has 9 aromatic rings. The van der Waals surface area contributed by atoms with E-state index in [4.69, 9.17) is 9.40 Å². The Labute approximate surface area is 276 Å². The van der Waals surface area contributed by atoms with E-state index in [9.17, 15) is 0 Å². The largest absolute Gasteiger partial charge is 0.456 e. The number of aromatic nitrogens is 1. The molecule has 0 aliphatic carbocycles. The topological polar surface area (TPSA) is 29.3 Å². The van der Waals surface area contributed by atoms with Gasteiger partial charge in [-0.1, -0.05) is 133 Å². The number of anilines is 3. The Morgan fingerprint density at radius 1 is 0.468 bits per heavy atom. The SMILES string of the molecule is c1ccc(-c2ccc(N(c3ccc(-c4ccccc4)cc3)c3c4sc(-c5ccccc5)nc4cc4oc5ccccc5c34)cc2)cc1. The van der Waals surface area contributed by atoms with E-state index in [2.05, 4.69) is 157 Å². The predicted molar refractivity (Wildman–Crippen MR) is 198 cm³/mol. The Balaban J connectivity index is 1.32. The Morgan fingerprint density at radius 3 is 1.53 bits per heavy atom. The minimum Gasteiger partial charge on any atom is -0.456 e. The van der Waals surface area contributed by atoms with Gasteiger partial charge in [-0.15, -0.1) is 11.3 Å². The second-order valence-electron chi connectivity index (χ2n) is 11.6. The third-order valence-electron chi connectivity index (χ3n) is 8.71. The smallest absolute Gasteiger partial charge is 0.139 e. The van der Waals surface area contributed by atoms with Crippen molar-refractivity contribution in [2.45, 2.75) is 0 Å². The van der Waals surface area contributed by atoms with Crippen LogP contribution in [0, 0.1) is 0 Å². The van der Waals surface area contributed by atoms with Gasteiger partial charge in [-0.25, -0.2) is 4.98 Å². The second kappa shape index (κ2) is 11.4. The summed E-state index contributed by atoms with van der Waals surface area (Å²) in [5.41, 5.74) is 11.6. The molecule has 222 valence electrons. The molecule has 0 unspecified atom stereocenters. The van der Waals surface area contributed by atoms with Crippen molar-refractivity contribution >= 4 is 60.6 Å². The molecule has 4 heteroatoms. The highest BCUT2D eigenvalue weighted by atomic mass is 32.1. The summed E-state index contributed by atoms with van der Waals surface area (Å²) in [6, 6.07) is 59.6. The highest BCUT2D eigenvalue weighted by molar-refractivity contribution is 7.22. The Kier molecular flexibility index (Phi) is 6.65. The molecule has 47 heavy (non-hydrogen) atoms. The van der Waals surface area contributed by atoms with Crippen LogP contribution in [0.25, 0.3) is 65.0 Å². The van der Waals surface area contributed by atoms with E-state index in [-0.39, 0.29) is 0 Å². The van der Waals surface area contributed by atoms with Gasteiger partial charge in [0.25, 0.3) is 0 Å². The molecule has 0 saturated carbocycles. The molecule has 0 fully saturated rings. The molecule has 0 N–H and O–H groups in total. The zero-order chi connectivity index (χ0) is 31.2. The molecule has 0 amide bonds. The van der Waals surface area contributed by atoms with Gasteiger partial charge in [-0.3, -0.25) is 0 Å². The first-order valence-electron chi connectivity index (χ1n) is 15.7. The van der Waals surface area contributed by atoms with Crippen LogP contribution in [0.3, 0.4) is 0 Å². The Morgan fingerprint density at radius 2 is 0.957 bits per heavy atom. The van der Waals surface area contributed by atoms with Crippen LogP contribution >= 0.6 is 11.3 Å². The van der Waals surface area contributed by atoms with Gasteiger partial charge in [0.05, 0.1) is 21.3 Å². The Hall–Kier alpha value is -5.97. The van der Waals surface area contributed by atoms with Crippen molar-refractivity contribution < 1.29 is 4.42 Å². The van der Waals surface area contributed by atoms with Gasteiger partial charge in [0.15, 0.2) is 0 Å². The molecule has 0 saturated heterocycles. The van der Waals surface area contributed by atoms with Crippen LogP contribution in [0.4, 0.5) is 17.1 Å². The van der Waals surface area contributed by atoms with E-state index in [0.717, 1.165) is 59.8 Å². The standard InChI is InChI=1S/C43H28N2OS/c1-4-12-29(13-5-1)31-20-24-34(25-21-31)45(35-26-22-32(23-27-35)30-14-6-2-7-15-30)41-40-36-18-10-11-19-38(36)46-39(40)28-37-42(41)47-43(44-37)33-16-8-3-9-17-33/h1-28H. The summed E-state index contributed by atoms with van der Waals surface area (Å²) in [5.74, 6) is 0. The maximum atomic E-state index is 6.53. The van der Waals surface area contributed by atoms with Crippen LogP contribution in [-0.4, -0.2) is 4.98 Å². The number of fused-ring (bicyclic) bond motifs is 4. The summed E-state index contributed by atoms with van der Waals surface area (Å²) in [5, 5.41) is 3.15. The van der Waals surface area contributed by atoms with E-state index in [1.54, 1.807) is 11.3 Å². The number of hydrogen-bond donors (Lipinski definition) is 0. The predicted octanol–water partition coefficient (Wildman–Crippen LogP) is 12.7. The minimum atomic E-state index is 0.824. The fraction of sp³-hybridized carbons (Fsp3) is 0. The molecule has 2 heterocycles. The molecule has 2 aromatic heterocycles. The summed E-state index contributed by atoms with van der Waals surface area (Å²) < 4.78 is 7.64. The molecule has 0 atom stereocenters. The maximum absolute atomic E-state index is 6.53. The highest BCUT2D eigenvalue weighted by Crippen LogP contribution is 2.50. The fourth-order valence-corrected chi connectivity index (χ4v) is 7.53. The molecule has 7 aromatic carbocycles. The molecular formula is C43H28N2OS. The van der Waals surface area contributed by atoms with Crippen LogP contribution < -0.4 is 4.90 Å². The molecule has 0 bridgehead atoms. The molecule has 0 aliphatic rings. The lowest BCUT2D eigenvalue weighted by Gasteiger charge is -2.27. The average molecular weight is 621 g/mol. The first-order valence-corrected chi connectivity index (χ1v) is 16.5. The quantitative estimate of drug-likeness (QED) is 0.185. The molecule has 0 radical (unpaired) electrons. The van der Waals surface area contributed by atoms with Crippen LogP contribution in [0.5, 0.6) is 0 Å². The van der Waals surface area contributed by atoms with Crippen molar-refractivity contribution in [3.63, 3.8) is 0 Å². The van der Waals surface area contributed by atoms with Gasteiger partial charge < -0.3 is 9.32 Å². The van der Waals surface area contributed by atoms with Gasteiger partial charge in [-0.2, -0.15) is 0 Å². The number of thiazole rings is 1. The van der Waals surface area contributed by atoms with E-state index >= 15 is 0 Å². The highest BCUT2D eigenvalue weighted by Gasteiger charge is 2.25. The molecule has 9 rings (SSSR count). The number of furan rings is 1. The van der Waals surface area contributed by atoms with Crippen LogP contribution in [0.1, 0.15) is 0 Å². The van der Waals surface area contributed by atoms with E-state index < -0.39 is 0 Å². The first kappa shape index (κ1) is 27.3. The van der Waals surface area contributed by atoms with Crippen molar-refractivity contribution in [2.24, 2.45) is 0 Å². The Bertz CT molecular complexity index is 2400. The molecule has 0 spiro atoms. The van der Waals surface area contributed by atoms with Gasteiger partial charge in [0, 0.05) is 28.4 Å².